The van der Waals surface area contributed by atoms with E-state index in [0.717, 1.165) is 12.3 Å². The molecule has 1 aromatic heterocycles. The van der Waals surface area contributed by atoms with Crippen LogP contribution in [0.1, 0.15) is 30.3 Å². The van der Waals surface area contributed by atoms with E-state index < -0.39 is 0 Å². The van der Waals surface area contributed by atoms with Crippen LogP contribution in [0.3, 0.4) is 0 Å². The van der Waals surface area contributed by atoms with Crippen molar-refractivity contribution in [2.75, 3.05) is 6.54 Å². The molecule has 20 heavy (non-hydrogen) atoms. The minimum Gasteiger partial charge on any atom is -0.489 e. The zero-order valence-electron chi connectivity index (χ0n) is 12.0. The lowest BCUT2D eigenvalue weighted by Crippen LogP contribution is -2.33. The maximum Gasteiger partial charge on any atom is 0.121 e. The molecule has 0 spiro atoms. The van der Waals surface area contributed by atoms with Crippen molar-refractivity contribution in [1.82, 2.24) is 5.32 Å². The quantitative estimate of drug-likeness (QED) is 0.825. The fourth-order valence-corrected chi connectivity index (χ4v) is 3.15. The molecule has 1 N–H and O–H groups in total. The smallest absolute Gasteiger partial charge is 0.121 e. The summed E-state index contributed by atoms with van der Waals surface area (Å²) in [7, 11) is 0. The Morgan fingerprint density at radius 3 is 2.75 bits per heavy atom. The van der Waals surface area contributed by atoms with Crippen LogP contribution in [0.25, 0.3) is 0 Å². The third-order valence-corrected chi connectivity index (χ3v) is 4.24. The SMILES string of the molecule is CCNC(c1csc(C)c1)C(C)Oc1cccc(Cl)c1. The summed E-state index contributed by atoms with van der Waals surface area (Å²) in [6.07, 6.45) is 0.0300. The van der Waals surface area contributed by atoms with Crippen LogP contribution in [0.15, 0.2) is 35.7 Å². The molecule has 1 heterocycles. The molecule has 1 aromatic carbocycles. The number of rotatable bonds is 6. The van der Waals surface area contributed by atoms with Crippen LogP contribution in [0.5, 0.6) is 5.75 Å². The maximum absolute atomic E-state index is 6.03. The van der Waals surface area contributed by atoms with Gasteiger partial charge in [0.2, 0.25) is 0 Å². The Morgan fingerprint density at radius 2 is 2.15 bits per heavy atom. The molecule has 2 atom stereocenters. The highest BCUT2D eigenvalue weighted by atomic mass is 35.5. The van der Waals surface area contributed by atoms with Gasteiger partial charge in [-0.05, 0) is 55.6 Å². The molecule has 108 valence electrons. The highest BCUT2D eigenvalue weighted by molar-refractivity contribution is 7.10. The van der Waals surface area contributed by atoms with Crippen LogP contribution in [-0.2, 0) is 0 Å². The molecule has 0 radical (unpaired) electrons. The van der Waals surface area contributed by atoms with Gasteiger partial charge in [-0.3, -0.25) is 0 Å². The molecule has 0 amide bonds. The van der Waals surface area contributed by atoms with Crippen LogP contribution in [0.2, 0.25) is 5.02 Å². The van der Waals surface area contributed by atoms with Crippen LogP contribution < -0.4 is 10.1 Å². The number of halogens is 1. The van der Waals surface area contributed by atoms with Gasteiger partial charge in [0.1, 0.15) is 11.9 Å². The first-order chi connectivity index (χ1) is 9.60. The van der Waals surface area contributed by atoms with Crippen molar-refractivity contribution in [1.29, 1.82) is 0 Å². The Bertz CT molecular complexity index is 555. The fraction of sp³-hybridized carbons (Fsp3) is 0.375. The maximum atomic E-state index is 6.03. The minimum atomic E-state index is 0.0300. The normalized spacial score (nSPS) is 14.0. The van der Waals surface area contributed by atoms with Crippen LogP contribution >= 0.6 is 22.9 Å². The Hall–Kier alpha value is -1.03. The molecule has 0 aliphatic carbocycles. The van der Waals surface area contributed by atoms with Gasteiger partial charge < -0.3 is 10.1 Å². The lowest BCUT2D eigenvalue weighted by atomic mass is 10.1. The lowest BCUT2D eigenvalue weighted by Gasteiger charge is -2.25. The first-order valence-electron chi connectivity index (χ1n) is 6.80. The molecule has 0 bridgehead atoms. The van der Waals surface area contributed by atoms with E-state index in [4.69, 9.17) is 16.3 Å². The third-order valence-electron chi connectivity index (χ3n) is 3.12. The molecule has 0 fully saturated rings. The Labute approximate surface area is 129 Å². The van der Waals surface area contributed by atoms with Gasteiger partial charge in [0.05, 0.1) is 6.04 Å². The van der Waals surface area contributed by atoms with Gasteiger partial charge in [-0.1, -0.05) is 24.6 Å². The Kier molecular flexibility index (Phi) is 5.46. The van der Waals surface area contributed by atoms with Crippen molar-refractivity contribution in [3.8, 4) is 5.75 Å². The van der Waals surface area contributed by atoms with E-state index in [0.29, 0.717) is 5.02 Å². The monoisotopic (exact) mass is 309 g/mol. The zero-order chi connectivity index (χ0) is 14.5. The van der Waals surface area contributed by atoms with Crippen LogP contribution in [-0.4, -0.2) is 12.6 Å². The van der Waals surface area contributed by atoms with E-state index in [1.165, 1.54) is 10.4 Å². The molecule has 0 aliphatic heterocycles. The van der Waals surface area contributed by atoms with Crippen molar-refractivity contribution in [3.05, 3.63) is 51.2 Å². The number of thiophene rings is 1. The van der Waals surface area contributed by atoms with Crippen molar-refractivity contribution < 1.29 is 4.74 Å². The summed E-state index contributed by atoms with van der Waals surface area (Å²) in [4.78, 5) is 1.32. The Balaban J connectivity index is 2.12. The number of hydrogen-bond acceptors (Lipinski definition) is 3. The van der Waals surface area contributed by atoms with Crippen molar-refractivity contribution in [2.24, 2.45) is 0 Å². The third kappa shape index (κ3) is 3.98. The molecule has 0 aliphatic rings. The molecule has 2 unspecified atom stereocenters. The molecule has 0 saturated carbocycles. The highest BCUT2D eigenvalue weighted by Gasteiger charge is 2.21. The van der Waals surface area contributed by atoms with Crippen molar-refractivity contribution in [2.45, 2.75) is 32.9 Å². The predicted octanol–water partition coefficient (Wildman–Crippen LogP) is 4.83. The van der Waals surface area contributed by atoms with Gasteiger partial charge in [-0.15, -0.1) is 11.3 Å². The largest absolute Gasteiger partial charge is 0.489 e. The van der Waals surface area contributed by atoms with Crippen molar-refractivity contribution >= 4 is 22.9 Å². The first-order valence-corrected chi connectivity index (χ1v) is 8.06. The average Bonchev–Trinajstić information content (AvgIpc) is 2.82. The summed E-state index contributed by atoms with van der Waals surface area (Å²) in [5.74, 6) is 0.805. The van der Waals surface area contributed by atoms with Gasteiger partial charge in [0.25, 0.3) is 0 Å². The number of nitrogens with one attached hydrogen (secondary N) is 1. The van der Waals surface area contributed by atoms with E-state index in [9.17, 15) is 0 Å². The summed E-state index contributed by atoms with van der Waals surface area (Å²) in [5.41, 5.74) is 1.28. The van der Waals surface area contributed by atoms with Gasteiger partial charge in [-0.2, -0.15) is 0 Å². The topological polar surface area (TPSA) is 21.3 Å². The van der Waals surface area contributed by atoms with E-state index in [1.54, 1.807) is 11.3 Å². The van der Waals surface area contributed by atoms with E-state index >= 15 is 0 Å². The van der Waals surface area contributed by atoms with Crippen LogP contribution in [0, 0.1) is 6.92 Å². The molecule has 4 heteroatoms. The number of ether oxygens (including phenoxy) is 1. The second-order valence-corrected chi connectivity index (χ2v) is 6.36. The van der Waals surface area contributed by atoms with Crippen molar-refractivity contribution in [3.63, 3.8) is 0 Å². The number of hydrogen-bond donors (Lipinski definition) is 1. The molecular weight excluding hydrogens is 290 g/mol. The molecular formula is C16H20ClNOS. The summed E-state index contributed by atoms with van der Waals surface area (Å²) in [6, 6.07) is 9.94. The zero-order valence-corrected chi connectivity index (χ0v) is 13.6. The summed E-state index contributed by atoms with van der Waals surface area (Å²) < 4.78 is 6.03. The van der Waals surface area contributed by atoms with Gasteiger partial charge in [-0.25, -0.2) is 0 Å². The standard InChI is InChI=1S/C16H20ClNOS/c1-4-18-16(13-8-11(2)20-10-13)12(3)19-15-7-5-6-14(17)9-15/h5-10,12,16,18H,4H2,1-3H3. The number of aryl methyl sites for hydroxylation is 1. The summed E-state index contributed by atoms with van der Waals surface area (Å²) >= 11 is 7.76. The average molecular weight is 310 g/mol. The van der Waals surface area contributed by atoms with Gasteiger partial charge in [0.15, 0.2) is 0 Å². The van der Waals surface area contributed by atoms with E-state index in [2.05, 4.69) is 37.5 Å². The molecule has 2 aromatic rings. The minimum absolute atomic E-state index is 0.0300. The molecule has 2 rings (SSSR count). The predicted molar refractivity (Wildman–Crippen MR) is 87.0 cm³/mol. The lowest BCUT2D eigenvalue weighted by molar-refractivity contribution is 0.172. The van der Waals surface area contributed by atoms with E-state index in [1.807, 2.05) is 24.3 Å². The fourth-order valence-electron chi connectivity index (χ4n) is 2.22. The molecule has 0 saturated heterocycles. The Morgan fingerprint density at radius 1 is 1.35 bits per heavy atom. The van der Waals surface area contributed by atoms with Gasteiger partial charge in [0, 0.05) is 9.90 Å². The van der Waals surface area contributed by atoms with Crippen LogP contribution in [0.4, 0.5) is 0 Å². The van der Waals surface area contributed by atoms with E-state index in [-0.39, 0.29) is 12.1 Å². The first kappa shape index (κ1) is 15.4. The number of likely N-dealkylation sites (N-methyl/N-ethyl adjacent to an activating group) is 1. The number of benzene rings is 1. The molecule has 2 nitrogen and oxygen atoms in total. The highest BCUT2D eigenvalue weighted by Crippen LogP contribution is 2.26. The second-order valence-electron chi connectivity index (χ2n) is 4.81. The summed E-state index contributed by atoms with van der Waals surface area (Å²) in [6.45, 7) is 7.22. The summed E-state index contributed by atoms with van der Waals surface area (Å²) in [5, 5.41) is 6.39. The second kappa shape index (κ2) is 7.11. The van der Waals surface area contributed by atoms with Gasteiger partial charge >= 0.3 is 0 Å².